The first kappa shape index (κ1) is 14.3. The Morgan fingerprint density at radius 1 is 1.33 bits per heavy atom. The van der Waals surface area contributed by atoms with Crippen LogP contribution >= 0.6 is 12.2 Å². The third kappa shape index (κ3) is 7.27. The molecule has 0 saturated carbocycles. The summed E-state index contributed by atoms with van der Waals surface area (Å²) >= 11 is 4.85. The minimum atomic E-state index is -0.314. The number of primary amides is 1. The van der Waals surface area contributed by atoms with E-state index in [9.17, 15) is 4.79 Å². The minimum absolute atomic E-state index is 0.164. The molecule has 0 saturated heterocycles. The van der Waals surface area contributed by atoms with E-state index < -0.39 is 0 Å². The van der Waals surface area contributed by atoms with E-state index in [0.29, 0.717) is 17.3 Å². The van der Waals surface area contributed by atoms with E-state index in [0.717, 1.165) is 6.54 Å². The van der Waals surface area contributed by atoms with Crippen LogP contribution in [0.3, 0.4) is 0 Å². The van der Waals surface area contributed by atoms with Crippen molar-refractivity contribution in [1.29, 1.82) is 0 Å². The Kier molecular flexibility index (Phi) is 6.43. The number of carbonyl (C=O) groups excluding carboxylic acids is 1. The molecule has 0 aliphatic carbocycles. The van der Waals surface area contributed by atoms with Crippen LogP contribution in [0.4, 0.5) is 0 Å². The largest absolute Gasteiger partial charge is 0.393 e. The van der Waals surface area contributed by atoms with Crippen LogP contribution in [0.1, 0.15) is 27.2 Å². The summed E-state index contributed by atoms with van der Waals surface area (Å²) in [4.78, 5) is 13.4. The molecule has 0 spiro atoms. The van der Waals surface area contributed by atoms with Crippen LogP contribution in [0.2, 0.25) is 0 Å². The van der Waals surface area contributed by atoms with E-state index >= 15 is 0 Å². The van der Waals surface area contributed by atoms with E-state index in [1.807, 2.05) is 11.8 Å². The third-order valence-electron chi connectivity index (χ3n) is 2.08. The van der Waals surface area contributed by atoms with Gasteiger partial charge in [-0.15, -0.1) is 0 Å². The molecule has 0 rings (SSSR count). The number of hydrogen-bond acceptors (Lipinski definition) is 3. The van der Waals surface area contributed by atoms with Gasteiger partial charge in [0.25, 0.3) is 0 Å². The molecule has 4 N–H and O–H groups in total. The van der Waals surface area contributed by atoms with Gasteiger partial charge in [0.1, 0.15) is 0 Å². The average molecular weight is 231 g/mol. The highest BCUT2D eigenvalue weighted by Gasteiger charge is 2.17. The summed E-state index contributed by atoms with van der Waals surface area (Å²) < 4.78 is 0. The lowest BCUT2D eigenvalue weighted by molar-refractivity contribution is -0.119. The molecule has 88 valence electrons. The van der Waals surface area contributed by atoms with Crippen LogP contribution < -0.4 is 11.5 Å². The Bertz CT molecular complexity index is 231. The Hall–Kier alpha value is -0.680. The zero-order chi connectivity index (χ0) is 12.0. The molecule has 1 amide bonds. The number of nitrogens with two attached hydrogens (primary N) is 2. The molecule has 1 unspecified atom stereocenters. The maximum atomic E-state index is 10.9. The lowest BCUT2D eigenvalue weighted by atomic mass is 10.1. The van der Waals surface area contributed by atoms with Crippen LogP contribution in [-0.2, 0) is 4.79 Å². The molecule has 5 heteroatoms. The van der Waals surface area contributed by atoms with Gasteiger partial charge in [-0.05, 0) is 12.8 Å². The van der Waals surface area contributed by atoms with Gasteiger partial charge in [0.15, 0.2) is 0 Å². The fraction of sp³-hybridized carbons (Fsp3) is 0.800. The number of nitrogens with zero attached hydrogens (tertiary/aromatic N) is 1. The monoisotopic (exact) mass is 231 g/mol. The molecule has 0 aromatic carbocycles. The van der Waals surface area contributed by atoms with Gasteiger partial charge in [-0.1, -0.05) is 26.1 Å². The Balaban J connectivity index is 4.32. The summed E-state index contributed by atoms with van der Waals surface area (Å²) in [5.74, 6) is 0.170. The van der Waals surface area contributed by atoms with E-state index in [1.54, 1.807) is 0 Å². The van der Waals surface area contributed by atoms with Gasteiger partial charge in [-0.25, -0.2) is 0 Å². The first-order valence-electron chi connectivity index (χ1n) is 5.13. The summed E-state index contributed by atoms with van der Waals surface area (Å²) in [5, 5.41) is 0. The van der Waals surface area contributed by atoms with Crippen molar-refractivity contribution in [2.45, 2.75) is 33.2 Å². The number of thiocarbonyl (C=S) groups is 1. The second-order valence-electron chi connectivity index (χ2n) is 4.31. The highest BCUT2D eigenvalue weighted by Crippen LogP contribution is 2.07. The summed E-state index contributed by atoms with van der Waals surface area (Å²) in [5.41, 5.74) is 10.7. The van der Waals surface area contributed by atoms with Crippen molar-refractivity contribution in [3.63, 3.8) is 0 Å². The van der Waals surface area contributed by atoms with Crippen molar-refractivity contribution in [1.82, 2.24) is 4.90 Å². The molecule has 15 heavy (non-hydrogen) atoms. The second-order valence-corrected chi connectivity index (χ2v) is 4.83. The van der Waals surface area contributed by atoms with Gasteiger partial charge >= 0.3 is 0 Å². The standard InChI is InChI=1S/C10H21N3OS/c1-7(2)5-13(6-9(11)14)8(3)4-10(12)15/h7-8H,4-6H2,1-3H3,(H2,11,14)(H2,12,15). The molecule has 0 fully saturated rings. The van der Waals surface area contributed by atoms with Crippen molar-refractivity contribution >= 4 is 23.1 Å². The molecular formula is C10H21N3OS. The smallest absolute Gasteiger partial charge is 0.231 e. The average Bonchev–Trinajstić information content (AvgIpc) is 1.99. The van der Waals surface area contributed by atoms with Gasteiger partial charge in [0.05, 0.1) is 11.5 Å². The second kappa shape index (κ2) is 6.74. The van der Waals surface area contributed by atoms with Crippen molar-refractivity contribution in [3.8, 4) is 0 Å². The molecule has 0 bridgehead atoms. The van der Waals surface area contributed by atoms with Crippen LogP contribution in [0.25, 0.3) is 0 Å². The SMILES string of the molecule is CC(C)CN(CC(N)=O)C(C)CC(N)=S. The topological polar surface area (TPSA) is 72.3 Å². The quantitative estimate of drug-likeness (QED) is 0.626. The molecule has 0 radical (unpaired) electrons. The van der Waals surface area contributed by atoms with E-state index in [-0.39, 0.29) is 18.5 Å². The van der Waals surface area contributed by atoms with Crippen molar-refractivity contribution in [2.75, 3.05) is 13.1 Å². The van der Waals surface area contributed by atoms with Gasteiger partial charge in [-0.3, -0.25) is 9.69 Å². The van der Waals surface area contributed by atoms with Gasteiger partial charge < -0.3 is 11.5 Å². The zero-order valence-electron chi connectivity index (χ0n) is 9.69. The first-order valence-corrected chi connectivity index (χ1v) is 5.54. The maximum absolute atomic E-state index is 10.9. The van der Waals surface area contributed by atoms with Crippen molar-refractivity contribution in [3.05, 3.63) is 0 Å². The minimum Gasteiger partial charge on any atom is -0.393 e. The number of amides is 1. The maximum Gasteiger partial charge on any atom is 0.231 e. The first-order chi connectivity index (χ1) is 6.82. The third-order valence-corrected chi connectivity index (χ3v) is 2.25. The Morgan fingerprint density at radius 3 is 2.20 bits per heavy atom. The highest BCUT2D eigenvalue weighted by molar-refractivity contribution is 7.80. The summed E-state index contributed by atoms with van der Waals surface area (Å²) in [6, 6.07) is 0.164. The highest BCUT2D eigenvalue weighted by atomic mass is 32.1. The van der Waals surface area contributed by atoms with Gasteiger partial charge in [0, 0.05) is 19.0 Å². The van der Waals surface area contributed by atoms with E-state index in [2.05, 4.69) is 13.8 Å². The molecule has 0 aliphatic rings. The molecule has 0 aliphatic heterocycles. The summed E-state index contributed by atoms with van der Waals surface area (Å²) in [6.07, 6.45) is 0.620. The van der Waals surface area contributed by atoms with Gasteiger partial charge in [-0.2, -0.15) is 0 Å². The van der Waals surface area contributed by atoms with Crippen molar-refractivity contribution < 1.29 is 4.79 Å². The normalized spacial score (nSPS) is 13.1. The van der Waals surface area contributed by atoms with Crippen LogP contribution in [0.15, 0.2) is 0 Å². The lowest BCUT2D eigenvalue weighted by Gasteiger charge is -2.29. The Morgan fingerprint density at radius 2 is 1.87 bits per heavy atom. The van der Waals surface area contributed by atoms with E-state index in [1.165, 1.54) is 0 Å². The Labute approximate surface area is 97.0 Å². The molecular weight excluding hydrogens is 210 g/mol. The fourth-order valence-corrected chi connectivity index (χ4v) is 1.73. The van der Waals surface area contributed by atoms with Crippen molar-refractivity contribution in [2.24, 2.45) is 17.4 Å². The number of hydrogen-bond donors (Lipinski definition) is 2. The lowest BCUT2D eigenvalue weighted by Crippen LogP contribution is -2.43. The van der Waals surface area contributed by atoms with Gasteiger partial charge in [0.2, 0.25) is 5.91 Å². The molecule has 1 atom stereocenters. The summed E-state index contributed by atoms with van der Waals surface area (Å²) in [6.45, 7) is 7.29. The number of carbonyl (C=O) groups is 1. The van der Waals surface area contributed by atoms with Crippen LogP contribution in [0, 0.1) is 5.92 Å². The molecule has 4 nitrogen and oxygen atoms in total. The predicted molar refractivity (Wildman–Crippen MR) is 66.5 cm³/mol. The molecule has 0 aromatic heterocycles. The van der Waals surface area contributed by atoms with E-state index in [4.69, 9.17) is 23.7 Å². The zero-order valence-corrected chi connectivity index (χ0v) is 10.5. The molecule has 0 heterocycles. The van der Waals surface area contributed by atoms with Crippen LogP contribution in [0.5, 0.6) is 0 Å². The summed E-state index contributed by atoms with van der Waals surface area (Å²) in [7, 11) is 0. The number of rotatable bonds is 7. The predicted octanol–water partition coefficient (Wildman–Crippen LogP) is 0.494. The molecule has 0 aromatic rings. The van der Waals surface area contributed by atoms with Crippen LogP contribution in [-0.4, -0.2) is 34.9 Å². The fourth-order valence-electron chi connectivity index (χ4n) is 1.49.